The molecule has 0 aliphatic rings. The van der Waals surface area contributed by atoms with E-state index in [9.17, 15) is 4.79 Å². The molecule has 9 heteroatoms. The fraction of sp³-hybridized carbons (Fsp3) is 0.407. The van der Waals surface area contributed by atoms with Gasteiger partial charge in [0.15, 0.2) is 5.16 Å². The summed E-state index contributed by atoms with van der Waals surface area (Å²) >= 11 is 1.66. The van der Waals surface area contributed by atoms with E-state index in [-0.39, 0.29) is 5.91 Å². The summed E-state index contributed by atoms with van der Waals surface area (Å²) in [6.07, 6.45) is 2.24. The molecule has 3 aromatic rings. The minimum absolute atomic E-state index is 0.0527. The summed E-state index contributed by atoms with van der Waals surface area (Å²) in [5.74, 6) is 2.53. The number of H-pyrrole nitrogens is 1. The van der Waals surface area contributed by atoms with Crippen LogP contribution in [0.2, 0.25) is 0 Å². The number of aromatic amines is 1. The lowest BCUT2D eigenvalue weighted by Crippen LogP contribution is -2.27. The number of hydrogen-bond acceptors (Lipinski definition) is 7. The van der Waals surface area contributed by atoms with Gasteiger partial charge in [0.25, 0.3) is 0 Å². The Morgan fingerprint density at radius 3 is 2.19 bits per heavy atom. The van der Waals surface area contributed by atoms with Crippen molar-refractivity contribution in [1.29, 1.82) is 0 Å². The van der Waals surface area contributed by atoms with Gasteiger partial charge < -0.3 is 29.2 Å². The van der Waals surface area contributed by atoms with Gasteiger partial charge in [-0.25, -0.2) is 4.98 Å². The van der Waals surface area contributed by atoms with E-state index in [4.69, 9.17) is 23.9 Å². The lowest BCUT2D eigenvalue weighted by molar-refractivity contribution is -0.121. The molecule has 0 spiro atoms. The molecule has 1 heterocycles. The zero-order valence-electron chi connectivity index (χ0n) is 21.2. The van der Waals surface area contributed by atoms with Gasteiger partial charge in [-0.15, -0.1) is 0 Å². The highest BCUT2D eigenvalue weighted by Crippen LogP contribution is 2.34. The summed E-state index contributed by atoms with van der Waals surface area (Å²) in [5, 5.41) is 3.73. The van der Waals surface area contributed by atoms with Crippen molar-refractivity contribution < 1.29 is 23.7 Å². The summed E-state index contributed by atoms with van der Waals surface area (Å²) in [7, 11) is 4.95. The SMILES string of the molecule is COCCOCCNC(=O)CCCCSc1nc(-c2ccc(OC)cc2)c(-c2ccc(OC)cc2)[nH]1. The maximum atomic E-state index is 12.0. The zero-order valence-corrected chi connectivity index (χ0v) is 22.0. The lowest BCUT2D eigenvalue weighted by atomic mass is 10.0. The van der Waals surface area contributed by atoms with Crippen LogP contribution in [0.5, 0.6) is 11.5 Å². The van der Waals surface area contributed by atoms with Crippen LogP contribution in [0.3, 0.4) is 0 Å². The van der Waals surface area contributed by atoms with Crippen LogP contribution >= 0.6 is 11.8 Å². The van der Waals surface area contributed by atoms with Gasteiger partial charge in [0.05, 0.1) is 45.4 Å². The number of ether oxygens (including phenoxy) is 4. The van der Waals surface area contributed by atoms with Crippen LogP contribution in [-0.2, 0) is 14.3 Å². The molecule has 0 saturated carbocycles. The lowest BCUT2D eigenvalue weighted by Gasteiger charge is -2.06. The highest BCUT2D eigenvalue weighted by Gasteiger charge is 2.15. The van der Waals surface area contributed by atoms with Crippen LogP contribution in [0.15, 0.2) is 53.7 Å². The van der Waals surface area contributed by atoms with Crippen LogP contribution < -0.4 is 14.8 Å². The number of aromatic nitrogens is 2. The Bertz CT molecular complexity index is 989. The first-order chi connectivity index (χ1) is 17.6. The fourth-order valence-corrected chi connectivity index (χ4v) is 4.37. The molecule has 0 bridgehead atoms. The molecular formula is C27H35N3O5S. The number of imidazole rings is 1. The van der Waals surface area contributed by atoms with E-state index in [0.29, 0.717) is 32.8 Å². The second kappa shape index (κ2) is 15.2. The molecule has 0 atom stereocenters. The van der Waals surface area contributed by atoms with Gasteiger partial charge in [-0.2, -0.15) is 0 Å². The van der Waals surface area contributed by atoms with Gasteiger partial charge in [-0.05, 0) is 61.4 Å². The summed E-state index contributed by atoms with van der Waals surface area (Å²) in [4.78, 5) is 20.4. The summed E-state index contributed by atoms with van der Waals surface area (Å²) in [5.41, 5.74) is 3.88. The summed E-state index contributed by atoms with van der Waals surface area (Å²) in [6, 6.07) is 15.8. The third-order valence-corrected chi connectivity index (χ3v) is 6.42. The van der Waals surface area contributed by atoms with Crippen molar-refractivity contribution >= 4 is 17.7 Å². The number of nitrogens with one attached hydrogen (secondary N) is 2. The van der Waals surface area contributed by atoms with E-state index in [1.807, 2.05) is 48.5 Å². The molecule has 2 aromatic carbocycles. The van der Waals surface area contributed by atoms with Gasteiger partial charge in [0.1, 0.15) is 11.5 Å². The van der Waals surface area contributed by atoms with Crippen molar-refractivity contribution in [2.75, 3.05) is 53.4 Å². The standard InChI is InChI=1S/C27H35N3O5S/c1-32-17-18-35-16-15-28-24(31)6-4-5-19-36-27-29-25(20-7-11-22(33-2)12-8-20)26(30-27)21-9-13-23(34-3)14-10-21/h7-14H,4-6,15-19H2,1-3H3,(H,28,31)(H,29,30). The highest BCUT2D eigenvalue weighted by atomic mass is 32.2. The normalized spacial score (nSPS) is 10.9. The minimum atomic E-state index is 0.0527. The predicted molar refractivity (Wildman–Crippen MR) is 143 cm³/mol. The Labute approximate surface area is 217 Å². The Morgan fingerprint density at radius 2 is 1.56 bits per heavy atom. The number of carbonyl (C=O) groups excluding carboxylic acids is 1. The quantitative estimate of drug-likeness (QED) is 0.210. The molecule has 1 amide bonds. The van der Waals surface area contributed by atoms with E-state index in [1.165, 1.54) is 0 Å². The van der Waals surface area contributed by atoms with Crippen molar-refractivity contribution in [2.45, 2.75) is 24.4 Å². The highest BCUT2D eigenvalue weighted by molar-refractivity contribution is 7.99. The van der Waals surface area contributed by atoms with E-state index in [2.05, 4.69) is 10.3 Å². The van der Waals surface area contributed by atoms with Crippen molar-refractivity contribution in [3.8, 4) is 34.0 Å². The topological polar surface area (TPSA) is 94.7 Å². The van der Waals surface area contributed by atoms with Crippen LogP contribution in [0, 0.1) is 0 Å². The van der Waals surface area contributed by atoms with Crippen LogP contribution in [0.4, 0.5) is 0 Å². The Kier molecular flexibility index (Phi) is 11.6. The number of nitrogens with zero attached hydrogens (tertiary/aromatic N) is 1. The first-order valence-electron chi connectivity index (χ1n) is 12.0. The molecule has 0 saturated heterocycles. The van der Waals surface area contributed by atoms with Gasteiger partial charge in [0.2, 0.25) is 5.91 Å². The molecule has 0 fully saturated rings. The molecule has 0 aliphatic heterocycles. The maximum absolute atomic E-state index is 12.0. The van der Waals surface area contributed by atoms with Gasteiger partial charge in [0, 0.05) is 37.0 Å². The number of benzene rings is 2. The number of carbonyl (C=O) groups is 1. The van der Waals surface area contributed by atoms with Crippen molar-refractivity contribution in [1.82, 2.24) is 15.3 Å². The van der Waals surface area contributed by atoms with Gasteiger partial charge in [-0.3, -0.25) is 4.79 Å². The summed E-state index contributed by atoms with van der Waals surface area (Å²) in [6.45, 7) is 2.11. The van der Waals surface area contributed by atoms with E-state index in [0.717, 1.165) is 57.8 Å². The van der Waals surface area contributed by atoms with Gasteiger partial charge in [-0.1, -0.05) is 11.8 Å². The molecule has 1 aromatic heterocycles. The molecule has 194 valence electrons. The average molecular weight is 514 g/mol. The summed E-state index contributed by atoms with van der Waals surface area (Å²) < 4.78 is 20.9. The Morgan fingerprint density at radius 1 is 0.889 bits per heavy atom. The largest absolute Gasteiger partial charge is 0.497 e. The molecule has 2 N–H and O–H groups in total. The van der Waals surface area contributed by atoms with Crippen LogP contribution in [0.25, 0.3) is 22.5 Å². The monoisotopic (exact) mass is 513 g/mol. The molecule has 0 radical (unpaired) electrons. The smallest absolute Gasteiger partial charge is 0.220 e. The molecular weight excluding hydrogens is 478 g/mol. The van der Waals surface area contributed by atoms with Crippen molar-refractivity contribution in [3.05, 3.63) is 48.5 Å². The number of rotatable bonds is 16. The minimum Gasteiger partial charge on any atom is -0.497 e. The first-order valence-corrected chi connectivity index (χ1v) is 13.0. The van der Waals surface area contributed by atoms with E-state index >= 15 is 0 Å². The van der Waals surface area contributed by atoms with E-state index in [1.54, 1.807) is 33.1 Å². The van der Waals surface area contributed by atoms with E-state index < -0.39 is 0 Å². The molecule has 3 rings (SSSR count). The second-order valence-corrected chi connectivity index (χ2v) is 9.07. The number of methoxy groups -OCH3 is 3. The predicted octanol–water partition coefficient (Wildman–Crippen LogP) is 4.80. The van der Waals surface area contributed by atoms with Crippen LogP contribution in [-0.4, -0.2) is 69.3 Å². The molecule has 8 nitrogen and oxygen atoms in total. The van der Waals surface area contributed by atoms with Crippen LogP contribution in [0.1, 0.15) is 19.3 Å². The third-order valence-electron chi connectivity index (χ3n) is 5.46. The molecule has 36 heavy (non-hydrogen) atoms. The second-order valence-electron chi connectivity index (χ2n) is 7.98. The Balaban J connectivity index is 1.54. The van der Waals surface area contributed by atoms with Crippen molar-refractivity contribution in [2.24, 2.45) is 0 Å². The van der Waals surface area contributed by atoms with Crippen molar-refractivity contribution in [3.63, 3.8) is 0 Å². The third kappa shape index (κ3) is 8.58. The Hall–Kier alpha value is -3.01. The average Bonchev–Trinajstić information content (AvgIpc) is 3.34. The number of unbranched alkanes of at least 4 members (excludes halogenated alkanes) is 1. The number of amides is 1. The number of hydrogen-bond donors (Lipinski definition) is 2. The molecule has 0 unspecified atom stereocenters. The fourth-order valence-electron chi connectivity index (χ4n) is 3.50. The number of thioether (sulfide) groups is 1. The zero-order chi connectivity index (χ0) is 25.6. The van der Waals surface area contributed by atoms with Gasteiger partial charge >= 0.3 is 0 Å². The maximum Gasteiger partial charge on any atom is 0.220 e. The first kappa shape index (κ1) is 27.6. The molecule has 0 aliphatic carbocycles.